The number of carbonyl (C=O) groups is 2. The molecule has 7 nitrogen and oxygen atoms in total. The van der Waals surface area contributed by atoms with E-state index in [1.165, 1.54) is 10.9 Å². The Morgan fingerprint density at radius 1 is 1.08 bits per heavy atom. The molecule has 0 saturated carbocycles. The highest BCUT2D eigenvalue weighted by molar-refractivity contribution is 5.87. The zero-order valence-corrected chi connectivity index (χ0v) is 13.3. The van der Waals surface area contributed by atoms with Crippen LogP contribution in [-0.2, 0) is 16.1 Å². The largest absolute Gasteiger partial charge is 0.368 e. The number of benzene rings is 2. The van der Waals surface area contributed by atoms with E-state index in [2.05, 4.69) is 10.3 Å². The van der Waals surface area contributed by atoms with Crippen molar-refractivity contribution < 1.29 is 9.59 Å². The standard InChI is InChI=1S/C18H16N4O3/c19-17(24)16(12-6-2-1-3-7-12)21-15(23)10-22-11-20-14-9-5-4-8-13(14)18(22)25/h1-9,11,16H,10H2,(H2,19,24)(H,21,23). The Labute approximate surface area is 143 Å². The third kappa shape index (κ3) is 3.55. The number of para-hydroxylation sites is 1. The van der Waals surface area contributed by atoms with Gasteiger partial charge in [-0.2, -0.15) is 0 Å². The zero-order chi connectivity index (χ0) is 17.8. The Balaban J connectivity index is 1.81. The molecule has 0 aliphatic heterocycles. The van der Waals surface area contributed by atoms with Crippen LogP contribution in [-0.4, -0.2) is 21.4 Å². The molecule has 3 aromatic rings. The highest BCUT2D eigenvalue weighted by atomic mass is 16.2. The van der Waals surface area contributed by atoms with Gasteiger partial charge in [-0.05, 0) is 17.7 Å². The summed E-state index contributed by atoms with van der Waals surface area (Å²) >= 11 is 0. The van der Waals surface area contributed by atoms with Crippen LogP contribution in [0.2, 0.25) is 0 Å². The molecule has 1 heterocycles. The summed E-state index contributed by atoms with van der Waals surface area (Å²) in [6.45, 7) is -0.257. The summed E-state index contributed by atoms with van der Waals surface area (Å²) in [6, 6.07) is 14.6. The van der Waals surface area contributed by atoms with Crippen LogP contribution in [0.5, 0.6) is 0 Å². The minimum atomic E-state index is -0.960. The number of amides is 2. The summed E-state index contributed by atoms with van der Waals surface area (Å²) in [5.41, 5.74) is 6.19. The lowest BCUT2D eigenvalue weighted by Gasteiger charge is -2.16. The third-order valence-electron chi connectivity index (χ3n) is 3.77. The molecule has 7 heteroatoms. The SMILES string of the molecule is NC(=O)C(NC(=O)Cn1cnc2ccccc2c1=O)c1ccccc1. The second kappa shape index (κ2) is 6.96. The highest BCUT2D eigenvalue weighted by Gasteiger charge is 2.20. The molecule has 25 heavy (non-hydrogen) atoms. The van der Waals surface area contributed by atoms with Gasteiger partial charge in [0.2, 0.25) is 11.8 Å². The number of rotatable bonds is 5. The molecule has 2 aromatic carbocycles. The van der Waals surface area contributed by atoms with Gasteiger partial charge in [0.05, 0.1) is 17.2 Å². The first-order valence-corrected chi connectivity index (χ1v) is 7.64. The van der Waals surface area contributed by atoms with E-state index < -0.39 is 17.9 Å². The summed E-state index contributed by atoms with van der Waals surface area (Å²) in [7, 11) is 0. The van der Waals surface area contributed by atoms with E-state index >= 15 is 0 Å². The highest BCUT2D eigenvalue weighted by Crippen LogP contribution is 2.12. The minimum Gasteiger partial charge on any atom is -0.368 e. The van der Waals surface area contributed by atoms with Gasteiger partial charge in [-0.25, -0.2) is 4.98 Å². The molecule has 0 aliphatic rings. The Morgan fingerprint density at radius 3 is 2.48 bits per heavy atom. The van der Waals surface area contributed by atoms with Crippen LogP contribution in [0.4, 0.5) is 0 Å². The number of hydrogen-bond acceptors (Lipinski definition) is 4. The van der Waals surface area contributed by atoms with Gasteiger partial charge in [-0.1, -0.05) is 42.5 Å². The second-order valence-corrected chi connectivity index (χ2v) is 5.51. The molecule has 126 valence electrons. The summed E-state index contributed by atoms with van der Waals surface area (Å²) in [6.07, 6.45) is 1.31. The Bertz CT molecular complexity index is 982. The number of nitrogens with one attached hydrogen (secondary N) is 1. The molecule has 0 spiro atoms. The van der Waals surface area contributed by atoms with Crippen molar-refractivity contribution in [3.8, 4) is 0 Å². The van der Waals surface area contributed by atoms with Gasteiger partial charge in [0.1, 0.15) is 12.6 Å². The summed E-state index contributed by atoms with van der Waals surface area (Å²) in [5.74, 6) is -1.18. The maximum atomic E-state index is 12.4. The lowest BCUT2D eigenvalue weighted by Crippen LogP contribution is -2.40. The first kappa shape index (κ1) is 16.4. The van der Waals surface area contributed by atoms with Gasteiger partial charge in [0, 0.05) is 0 Å². The number of nitrogens with zero attached hydrogens (tertiary/aromatic N) is 2. The Kier molecular flexibility index (Phi) is 4.56. The van der Waals surface area contributed by atoms with Crippen molar-refractivity contribution >= 4 is 22.7 Å². The van der Waals surface area contributed by atoms with Crippen LogP contribution in [0.25, 0.3) is 10.9 Å². The molecule has 0 bridgehead atoms. The van der Waals surface area contributed by atoms with Gasteiger partial charge in [-0.15, -0.1) is 0 Å². The molecule has 0 radical (unpaired) electrons. The van der Waals surface area contributed by atoms with E-state index in [4.69, 9.17) is 5.73 Å². The summed E-state index contributed by atoms with van der Waals surface area (Å²) < 4.78 is 1.20. The predicted octanol–water partition coefficient (Wildman–Crippen LogP) is 0.739. The molecule has 1 aromatic heterocycles. The molecule has 1 atom stereocenters. The van der Waals surface area contributed by atoms with E-state index in [1.807, 2.05) is 0 Å². The van der Waals surface area contributed by atoms with Crippen molar-refractivity contribution in [1.29, 1.82) is 0 Å². The number of nitrogens with two attached hydrogens (primary N) is 1. The van der Waals surface area contributed by atoms with E-state index in [1.54, 1.807) is 54.6 Å². The van der Waals surface area contributed by atoms with E-state index in [0.717, 1.165) is 0 Å². The van der Waals surface area contributed by atoms with Crippen molar-refractivity contribution in [2.24, 2.45) is 5.73 Å². The fraction of sp³-hybridized carbons (Fsp3) is 0.111. The van der Waals surface area contributed by atoms with Crippen LogP contribution in [0.15, 0.2) is 65.7 Å². The zero-order valence-electron chi connectivity index (χ0n) is 13.3. The maximum Gasteiger partial charge on any atom is 0.261 e. The molecule has 3 N–H and O–H groups in total. The average Bonchev–Trinajstić information content (AvgIpc) is 2.63. The number of carbonyl (C=O) groups excluding carboxylic acids is 2. The summed E-state index contributed by atoms with van der Waals surface area (Å²) in [5, 5.41) is 2.98. The lowest BCUT2D eigenvalue weighted by molar-refractivity contribution is -0.127. The molecule has 0 fully saturated rings. The Morgan fingerprint density at radius 2 is 1.76 bits per heavy atom. The fourth-order valence-electron chi connectivity index (χ4n) is 2.54. The number of aromatic nitrogens is 2. The number of hydrogen-bond donors (Lipinski definition) is 2. The van der Waals surface area contributed by atoms with Gasteiger partial charge in [0.15, 0.2) is 0 Å². The Hall–Kier alpha value is -3.48. The van der Waals surface area contributed by atoms with Gasteiger partial charge in [-0.3, -0.25) is 19.0 Å². The molecule has 2 amide bonds. The van der Waals surface area contributed by atoms with Crippen molar-refractivity contribution in [1.82, 2.24) is 14.9 Å². The fourth-order valence-corrected chi connectivity index (χ4v) is 2.54. The van der Waals surface area contributed by atoms with Crippen LogP contribution >= 0.6 is 0 Å². The summed E-state index contributed by atoms with van der Waals surface area (Å²) in [4.78, 5) is 40.5. The molecule has 3 rings (SSSR count). The second-order valence-electron chi connectivity index (χ2n) is 5.51. The van der Waals surface area contributed by atoms with Gasteiger partial charge < -0.3 is 11.1 Å². The third-order valence-corrected chi connectivity index (χ3v) is 3.77. The lowest BCUT2D eigenvalue weighted by atomic mass is 10.1. The molecular formula is C18H16N4O3. The van der Waals surface area contributed by atoms with E-state index in [0.29, 0.717) is 16.5 Å². The normalized spacial score (nSPS) is 11.8. The van der Waals surface area contributed by atoms with Crippen LogP contribution in [0.3, 0.4) is 0 Å². The van der Waals surface area contributed by atoms with Gasteiger partial charge >= 0.3 is 0 Å². The first-order chi connectivity index (χ1) is 12.1. The van der Waals surface area contributed by atoms with E-state index in [-0.39, 0.29) is 12.1 Å². The molecule has 1 unspecified atom stereocenters. The van der Waals surface area contributed by atoms with Gasteiger partial charge in [0.25, 0.3) is 5.56 Å². The van der Waals surface area contributed by atoms with Crippen molar-refractivity contribution in [2.75, 3.05) is 0 Å². The monoisotopic (exact) mass is 336 g/mol. The van der Waals surface area contributed by atoms with Crippen LogP contribution < -0.4 is 16.6 Å². The molecule has 0 saturated heterocycles. The first-order valence-electron chi connectivity index (χ1n) is 7.64. The topological polar surface area (TPSA) is 107 Å². The minimum absolute atomic E-state index is 0.257. The maximum absolute atomic E-state index is 12.4. The number of primary amides is 1. The van der Waals surface area contributed by atoms with Crippen molar-refractivity contribution in [3.63, 3.8) is 0 Å². The molecule has 0 aliphatic carbocycles. The smallest absolute Gasteiger partial charge is 0.261 e. The predicted molar refractivity (Wildman–Crippen MR) is 92.5 cm³/mol. The van der Waals surface area contributed by atoms with Crippen LogP contribution in [0, 0.1) is 0 Å². The van der Waals surface area contributed by atoms with Crippen LogP contribution in [0.1, 0.15) is 11.6 Å². The average molecular weight is 336 g/mol. The van der Waals surface area contributed by atoms with Crippen molar-refractivity contribution in [2.45, 2.75) is 12.6 Å². The molecular weight excluding hydrogens is 320 g/mol. The van der Waals surface area contributed by atoms with E-state index in [9.17, 15) is 14.4 Å². The number of fused-ring (bicyclic) bond motifs is 1. The quantitative estimate of drug-likeness (QED) is 0.716. The van der Waals surface area contributed by atoms with Crippen molar-refractivity contribution in [3.05, 3.63) is 76.8 Å².